The van der Waals surface area contributed by atoms with Gasteiger partial charge in [-0.1, -0.05) is 28.1 Å². The van der Waals surface area contributed by atoms with Crippen LogP contribution in [0.15, 0.2) is 28.7 Å². The summed E-state index contributed by atoms with van der Waals surface area (Å²) in [5.41, 5.74) is 1.22. The number of nitrogens with one attached hydrogen (secondary N) is 1. The van der Waals surface area contributed by atoms with Crippen LogP contribution in [0, 0.1) is 0 Å². The fraction of sp³-hybridized carbons (Fsp3) is 0.533. The third-order valence-corrected chi connectivity index (χ3v) is 4.32. The van der Waals surface area contributed by atoms with E-state index in [2.05, 4.69) is 33.4 Å². The molecule has 1 aromatic rings. The van der Waals surface area contributed by atoms with Gasteiger partial charge in [0.05, 0.1) is 0 Å². The molecule has 0 saturated carbocycles. The molecule has 0 spiro atoms. The average Bonchev–Trinajstić information content (AvgIpc) is 2.46. The Balaban J connectivity index is 0.00000200. The van der Waals surface area contributed by atoms with E-state index in [1.807, 2.05) is 24.1 Å². The standard InChI is InChI=1S/C15H21BrN2O.ClH/c1-18(14-8-10-17-11-9-14)15(19)7-4-12-2-5-13(16)6-3-12;/h2-3,5-6,14,17H,4,7-11H2,1H3;1H. The van der Waals surface area contributed by atoms with Gasteiger partial charge in [-0.25, -0.2) is 0 Å². The maximum absolute atomic E-state index is 12.2. The van der Waals surface area contributed by atoms with Crippen molar-refractivity contribution in [1.29, 1.82) is 0 Å². The molecule has 0 aromatic heterocycles. The lowest BCUT2D eigenvalue weighted by molar-refractivity contribution is -0.132. The molecule has 1 amide bonds. The van der Waals surface area contributed by atoms with E-state index in [9.17, 15) is 4.79 Å². The second-order valence-corrected chi connectivity index (χ2v) is 6.03. The van der Waals surface area contributed by atoms with Gasteiger partial charge >= 0.3 is 0 Å². The molecule has 2 rings (SSSR count). The second-order valence-electron chi connectivity index (χ2n) is 5.11. The maximum Gasteiger partial charge on any atom is 0.222 e. The van der Waals surface area contributed by atoms with Crippen LogP contribution < -0.4 is 5.32 Å². The maximum atomic E-state index is 12.2. The number of halogens is 2. The smallest absolute Gasteiger partial charge is 0.222 e. The second kappa shape index (κ2) is 8.65. The average molecular weight is 362 g/mol. The predicted molar refractivity (Wildman–Crippen MR) is 88.4 cm³/mol. The van der Waals surface area contributed by atoms with E-state index in [-0.39, 0.29) is 18.3 Å². The van der Waals surface area contributed by atoms with Gasteiger partial charge < -0.3 is 10.2 Å². The zero-order valence-corrected chi connectivity index (χ0v) is 14.2. The van der Waals surface area contributed by atoms with Crippen molar-refractivity contribution in [2.75, 3.05) is 20.1 Å². The van der Waals surface area contributed by atoms with Crippen molar-refractivity contribution in [1.82, 2.24) is 10.2 Å². The van der Waals surface area contributed by atoms with E-state index in [1.165, 1.54) is 5.56 Å². The first kappa shape index (κ1) is 17.5. The number of amides is 1. The third kappa shape index (κ3) is 5.08. The zero-order chi connectivity index (χ0) is 13.7. The van der Waals surface area contributed by atoms with Crippen molar-refractivity contribution < 1.29 is 4.79 Å². The number of nitrogens with zero attached hydrogens (tertiary/aromatic N) is 1. The van der Waals surface area contributed by atoms with E-state index < -0.39 is 0 Å². The molecule has 3 nitrogen and oxygen atoms in total. The van der Waals surface area contributed by atoms with E-state index in [1.54, 1.807) is 0 Å². The number of piperidine rings is 1. The number of carbonyl (C=O) groups excluding carboxylic acids is 1. The minimum Gasteiger partial charge on any atom is -0.343 e. The molecule has 0 unspecified atom stereocenters. The van der Waals surface area contributed by atoms with Crippen LogP contribution in [-0.2, 0) is 11.2 Å². The van der Waals surface area contributed by atoms with Gasteiger partial charge in [0.2, 0.25) is 5.91 Å². The highest BCUT2D eigenvalue weighted by Crippen LogP contribution is 2.14. The molecule has 1 aliphatic rings. The van der Waals surface area contributed by atoms with Gasteiger partial charge in [0.15, 0.2) is 0 Å². The largest absolute Gasteiger partial charge is 0.343 e. The fourth-order valence-electron chi connectivity index (χ4n) is 2.48. The van der Waals surface area contributed by atoms with Gasteiger partial charge in [-0.2, -0.15) is 0 Å². The Hall–Kier alpha value is -0.580. The highest BCUT2D eigenvalue weighted by molar-refractivity contribution is 9.10. The van der Waals surface area contributed by atoms with E-state index in [0.29, 0.717) is 12.5 Å². The molecule has 1 aromatic carbocycles. The number of hydrogen-bond donors (Lipinski definition) is 1. The summed E-state index contributed by atoms with van der Waals surface area (Å²) in [5, 5.41) is 3.33. The summed E-state index contributed by atoms with van der Waals surface area (Å²) in [5.74, 6) is 0.259. The predicted octanol–water partition coefficient (Wildman–Crippen LogP) is 3.01. The Morgan fingerprint density at radius 3 is 2.50 bits per heavy atom. The Morgan fingerprint density at radius 2 is 1.90 bits per heavy atom. The molecule has 1 saturated heterocycles. The van der Waals surface area contributed by atoms with Gasteiger partial charge in [-0.3, -0.25) is 4.79 Å². The lowest BCUT2D eigenvalue weighted by atomic mass is 10.0. The van der Waals surface area contributed by atoms with Crippen LogP contribution in [0.1, 0.15) is 24.8 Å². The molecule has 1 fully saturated rings. The number of hydrogen-bond acceptors (Lipinski definition) is 2. The topological polar surface area (TPSA) is 32.3 Å². The highest BCUT2D eigenvalue weighted by Gasteiger charge is 2.21. The lowest BCUT2D eigenvalue weighted by Gasteiger charge is -2.31. The summed E-state index contributed by atoms with van der Waals surface area (Å²) >= 11 is 3.42. The Morgan fingerprint density at radius 1 is 1.30 bits per heavy atom. The van der Waals surface area contributed by atoms with Crippen molar-refractivity contribution in [2.24, 2.45) is 0 Å². The molecule has 0 aliphatic carbocycles. The summed E-state index contributed by atoms with van der Waals surface area (Å²) in [6, 6.07) is 8.61. The van der Waals surface area contributed by atoms with Gasteiger partial charge in [-0.15, -0.1) is 12.4 Å². The van der Waals surface area contributed by atoms with E-state index >= 15 is 0 Å². The van der Waals surface area contributed by atoms with Crippen LogP contribution in [0.25, 0.3) is 0 Å². The van der Waals surface area contributed by atoms with E-state index in [4.69, 9.17) is 0 Å². The van der Waals surface area contributed by atoms with E-state index in [0.717, 1.165) is 36.8 Å². The van der Waals surface area contributed by atoms with Crippen LogP contribution >= 0.6 is 28.3 Å². The molecule has 1 heterocycles. The van der Waals surface area contributed by atoms with Crippen LogP contribution in [0.2, 0.25) is 0 Å². The van der Waals surface area contributed by atoms with Crippen molar-refractivity contribution in [3.05, 3.63) is 34.3 Å². The molecule has 0 bridgehead atoms. The van der Waals surface area contributed by atoms with Crippen LogP contribution in [-0.4, -0.2) is 37.0 Å². The summed E-state index contributed by atoms with van der Waals surface area (Å²) < 4.78 is 1.08. The first-order valence-corrected chi connectivity index (χ1v) is 7.67. The highest BCUT2D eigenvalue weighted by atomic mass is 79.9. The van der Waals surface area contributed by atoms with Crippen LogP contribution in [0.5, 0.6) is 0 Å². The molecule has 5 heteroatoms. The minimum atomic E-state index is 0. The Labute approximate surface area is 135 Å². The lowest BCUT2D eigenvalue weighted by Crippen LogP contribution is -2.44. The fourth-order valence-corrected chi connectivity index (χ4v) is 2.74. The molecular weight excluding hydrogens is 340 g/mol. The Bertz CT molecular complexity index is 418. The summed E-state index contributed by atoms with van der Waals surface area (Å²) in [4.78, 5) is 14.1. The SMILES string of the molecule is CN(C(=O)CCc1ccc(Br)cc1)C1CCNCC1.Cl. The monoisotopic (exact) mass is 360 g/mol. The number of benzene rings is 1. The van der Waals surface area contributed by atoms with Crippen molar-refractivity contribution in [3.8, 4) is 0 Å². The summed E-state index contributed by atoms with van der Waals surface area (Å²) in [7, 11) is 1.94. The Kier molecular flexibility index (Phi) is 7.56. The molecule has 0 atom stereocenters. The molecule has 1 aliphatic heterocycles. The third-order valence-electron chi connectivity index (χ3n) is 3.79. The van der Waals surface area contributed by atoms with Gasteiger partial charge in [0, 0.05) is 24.0 Å². The summed E-state index contributed by atoms with van der Waals surface area (Å²) in [6.07, 6.45) is 3.56. The first-order valence-electron chi connectivity index (χ1n) is 6.87. The van der Waals surface area contributed by atoms with Gasteiger partial charge in [0.1, 0.15) is 0 Å². The van der Waals surface area contributed by atoms with Crippen LogP contribution in [0.3, 0.4) is 0 Å². The minimum absolute atomic E-state index is 0. The van der Waals surface area contributed by atoms with Crippen molar-refractivity contribution in [3.63, 3.8) is 0 Å². The van der Waals surface area contributed by atoms with Crippen molar-refractivity contribution >= 4 is 34.2 Å². The molecule has 0 radical (unpaired) electrons. The number of aryl methyl sites for hydroxylation is 1. The first-order chi connectivity index (χ1) is 9.16. The summed E-state index contributed by atoms with van der Waals surface area (Å²) in [6.45, 7) is 2.05. The number of rotatable bonds is 4. The van der Waals surface area contributed by atoms with Crippen LogP contribution in [0.4, 0.5) is 0 Å². The quantitative estimate of drug-likeness (QED) is 0.894. The number of carbonyl (C=O) groups is 1. The normalized spacial score (nSPS) is 15.5. The van der Waals surface area contributed by atoms with Gasteiger partial charge in [0.25, 0.3) is 0 Å². The molecule has 20 heavy (non-hydrogen) atoms. The molecule has 112 valence electrons. The molecule has 1 N–H and O–H groups in total. The van der Waals surface area contributed by atoms with Crippen molar-refractivity contribution in [2.45, 2.75) is 31.7 Å². The van der Waals surface area contributed by atoms with Gasteiger partial charge in [-0.05, 0) is 50.0 Å². The molecular formula is C15H22BrClN2O. The zero-order valence-electron chi connectivity index (χ0n) is 11.8.